The third-order valence-electron chi connectivity index (χ3n) is 4.54. The van der Waals surface area contributed by atoms with E-state index in [2.05, 4.69) is 15.2 Å². The Morgan fingerprint density at radius 3 is 2.32 bits per heavy atom. The average Bonchev–Trinajstić information content (AvgIpc) is 2.73. The van der Waals surface area contributed by atoms with Crippen LogP contribution in [0.5, 0.6) is 0 Å². The Hall–Kier alpha value is -3.34. The van der Waals surface area contributed by atoms with Crippen molar-refractivity contribution in [2.75, 3.05) is 30.9 Å². The van der Waals surface area contributed by atoms with Crippen LogP contribution in [0.15, 0.2) is 72.9 Å². The van der Waals surface area contributed by atoms with E-state index < -0.39 is 0 Å². The highest BCUT2D eigenvalue weighted by Crippen LogP contribution is 2.21. The lowest BCUT2D eigenvalue weighted by molar-refractivity contribution is 0.0746. The van der Waals surface area contributed by atoms with Crippen LogP contribution in [0.2, 0.25) is 0 Å². The second-order valence-electron chi connectivity index (χ2n) is 6.80. The Bertz CT molecular complexity index is 907. The topological polar surface area (TPSA) is 48.5 Å². The number of benzene rings is 2. The fourth-order valence-electron chi connectivity index (χ4n) is 2.93. The zero-order valence-corrected chi connectivity index (χ0v) is 16.6. The molecule has 2 aromatic carbocycles. The second-order valence-corrected chi connectivity index (χ2v) is 6.80. The molecule has 144 valence electrons. The predicted molar refractivity (Wildman–Crippen MR) is 115 cm³/mol. The van der Waals surface area contributed by atoms with E-state index in [4.69, 9.17) is 0 Å². The van der Waals surface area contributed by atoms with Crippen molar-refractivity contribution >= 4 is 23.0 Å². The van der Waals surface area contributed by atoms with Gasteiger partial charge in [-0.1, -0.05) is 30.3 Å². The van der Waals surface area contributed by atoms with Gasteiger partial charge in [-0.05, 0) is 48.9 Å². The van der Waals surface area contributed by atoms with Crippen molar-refractivity contribution in [1.29, 1.82) is 0 Å². The van der Waals surface area contributed by atoms with Crippen LogP contribution < -0.4 is 10.2 Å². The van der Waals surface area contributed by atoms with Gasteiger partial charge in [0.25, 0.3) is 5.91 Å². The van der Waals surface area contributed by atoms with Crippen LogP contribution in [0, 0.1) is 0 Å². The molecule has 1 amide bonds. The van der Waals surface area contributed by atoms with Crippen molar-refractivity contribution < 1.29 is 4.79 Å². The van der Waals surface area contributed by atoms with Gasteiger partial charge in [0, 0.05) is 50.4 Å². The van der Waals surface area contributed by atoms with Crippen LogP contribution >= 0.6 is 0 Å². The maximum absolute atomic E-state index is 12.9. The summed E-state index contributed by atoms with van der Waals surface area (Å²) in [5.74, 6) is -0.0713. The Morgan fingerprint density at radius 2 is 1.68 bits per heavy atom. The molecule has 0 aliphatic rings. The van der Waals surface area contributed by atoms with Gasteiger partial charge in [-0.3, -0.25) is 9.78 Å². The monoisotopic (exact) mass is 374 g/mol. The van der Waals surface area contributed by atoms with E-state index in [9.17, 15) is 4.79 Å². The zero-order chi connectivity index (χ0) is 19.9. The van der Waals surface area contributed by atoms with E-state index in [-0.39, 0.29) is 5.91 Å². The quantitative estimate of drug-likeness (QED) is 0.659. The summed E-state index contributed by atoms with van der Waals surface area (Å²) in [4.78, 5) is 21.1. The Labute approximate surface area is 166 Å². The predicted octanol–water partition coefficient (Wildman–Crippen LogP) is 4.55. The number of hydrogen-bond acceptors (Lipinski definition) is 4. The number of hydrogen-bond donors (Lipinski definition) is 1. The first-order valence-corrected chi connectivity index (χ1v) is 9.40. The summed E-state index contributed by atoms with van der Waals surface area (Å²) in [5, 5.41) is 3.34. The van der Waals surface area contributed by atoms with Gasteiger partial charge >= 0.3 is 0 Å². The van der Waals surface area contributed by atoms with Crippen molar-refractivity contribution in [3.8, 4) is 0 Å². The molecule has 1 heterocycles. The molecule has 5 heteroatoms. The van der Waals surface area contributed by atoms with Gasteiger partial charge in [-0.2, -0.15) is 0 Å². The molecule has 0 aliphatic carbocycles. The van der Waals surface area contributed by atoms with Crippen molar-refractivity contribution in [3.63, 3.8) is 0 Å². The van der Waals surface area contributed by atoms with Crippen LogP contribution in [-0.2, 0) is 6.54 Å². The van der Waals surface area contributed by atoms with E-state index >= 15 is 0 Å². The Kier molecular flexibility index (Phi) is 6.27. The number of rotatable bonds is 7. The fraction of sp³-hybridized carbons (Fsp3) is 0.217. The average molecular weight is 374 g/mol. The van der Waals surface area contributed by atoms with Crippen molar-refractivity contribution in [2.24, 2.45) is 0 Å². The highest BCUT2D eigenvalue weighted by Gasteiger charge is 2.16. The van der Waals surface area contributed by atoms with Gasteiger partial charge in [0.2, 0.25) is 0 Å². The molecule has 1 N–H and O–H groups in total. The van der Waals surface area contributed by atoms with E-state index in [0.717, 1.165) is 22.6 Å². The number of nitrogens with one attached hydrogen (secondary N) is 1. The molecule has 0 unspecified atom stereocenters. The summed E-state index contributed by atoms with van der Waals surface area (Å²) in [5.41, 5.74) is 4.48. The van der Waals surface area contributed by atoms with Crippen LogP contribution in [0.1, 0.15) is 23.0 Å². The number of nitrogens with zero attached hydrogens (tertiary/aromatic N) is 3. The van der Waals surface area contributed by atoms with Crippen molar-refractivity contribution in [1.82, 2.24) is 9.88 Å². The van der Waals surface area contributed by atoms with Gasteiger partial charge in [-0.25, -0.2) is 0 Å². The van der Waals surface area contributed by atoms with E-state index in [1.807, 2.05) is 81.7 Å². The molecular weight excluding hydrogens is 348 g/mol. The number of anilines is 3. The standard InChI is InChI=1S/C23H26N4O/c1-4-27(17-18-8-6-5-7-9-18)23(28)22-16-20(14-15-24-22)25-19-10-12-21(13-11-19)26(2)3/h5-16H,4,17H2,1-3H3,(H,24,25). The SMILES string of the molecule is CCN(Cc1ccccc1)C(=O)c1cc(Nc2ccc(N(C)C)cc2)ccn1. The highest BCUT2D eigenvalue weighted by atomic mass is 16.2. The third-order valence-corrected chi connectivity index (χ3v) is 4.54. The first kappa shape index (κ1) is 19.4. The first-order valence-electron chi connectivity index (χ1n) is 9.40. The van der Waals surface area contributed by atoms with E-state index in [1.54, 1.807) is 17.2 Å². The molecule has 5 nitrogen and oxygen atoms in total. The molecule has 28 heavy (non-hydrogen) atoms. The molecule has 1 aromatic heterocycles. The lowest BCUT2D eigenvalue weighted by atomic mass is 10.2. The second kappa shape index (κ2) is 9.04. The highest BCUT2D eigenvalue weighted by molar-refractivity contribution is 5.93. The minimum Gasteiger partial charge on any atom is -0.378 e. The fourth-order valence-corrected chi connectivity index (χ4v) is 2.93. The van der Waals surface area contributed by atoms with Gasteiger partial charge in [0.15, 0.2) is 0 Å². The van der Waals surface area contributed by atoms with Crippen LogP contribution in [0.25, 0.3) is 0 Å². The molecule has 0 aliphatic heterocycles. The summed E-state index contributed by atoms with van der Waals surface area (Å²) in [6, 6.07) is 21.8. The Morgan fingerprint density at radius 1 is 0.964 bits per heavy atom. The zero-order valence-electron chi connectivity index (χ0n) is 16.6. The van der Waals surface area contributed by atoms with Crippen molar-refractivity contribution in [3.05, 3.63) is 84.2 Å². The smallest absolute Gasteiger partial charge is 0.272 e. The maximum atomic E-state index is 12.9. The summed E-state index contributed by atoms with van der Waals surface area (Å²) in [6.45, 7) is 3.18. The molecule has 0 saturated heterocycles. The number of aromatic nitrogens is 1. The number of amides is 1. The minimum absolute atomic E-state index is 0.0713. The van der Waals surface area contributed by atoms with Gasteiger partial charge in [0.1, 0.15) is 5.69 Å². The van der Waals surface area contributed by atoms with Crippen LogP contribution in [-0.4, -0.2) is 36.4 Å². The van der Waals surface area contributed by atoms with Gasteiger partial charge < -0.3 is 15.1 Å². The number of carbonyl (C=O) groups is 1. The van der Waals surface area contributed by atoms with Gasteiger partial charge in [0.05, 0.1) is 0 Å². The largest absolute Gasteiger partial charge is 0.378 e. The summed E-state index contributed by atoms with van der Waals surface area (Å²) >= 11 is 0. The molecule has 0 fully saturated rings. The summed E-state index contributed by atoms with van der Waals surface area (Å²) < 4.78 is 0. The van der Waals surface area contributed by atoms with Gasteiger partial charge in [-0.15, -0.1) is 0 Å². The first-order chi connectivity index (χ1) is 13.6. The molecule has 0 saturated carbocycles. The van der Waals surface area contributed by atoms with E-state index in [1.165, 1.54) is 0 Å². The van der Waals surface area contributed by atoms with Crippen molar-refractivity contribution in [2.45, 2.75) is 13.5 Å². The molecular formula is C23H26N4O. The molecule has 3 aromatic rings. The summed E-state index contributed by atoms with van der Waals surface area (Å²) in [7, 11) is 4.02. The molecule has 0 radical (unpaired) electrons. The normalized spacial score (nSPS) is 10.4. The molecule has 0 atom stereocenters. The lowest BCUT2D eigenvalue weighted by Gasteiger charge is -2.21. The molecule has 0 spiro atoms. The third kappa shape index (κ3) is 4.88. The van der Waals surface area contributed by atoms with E-state index in [0.29, 0.717) is 18.8 Å². The maximum Gasteiger partial charge on any atom is 0.272 e. The minimum atomic E-state index is -0.0713. The van der Waals surface area contributed by atoms with Crippen LogP contribution in [0.4, 0.5) is 17.1 Å². The Balaban J connectivity index is 1.73. The lowest BCUT2D eigenvalue weighted by Crippen LogP contribution is -2.31. The summed E-state index contributed by atoms with van der Waals surface area (Å²) in [6.07, 6.45) is 1.67. The number of carbonyl (C=O) groups excluding carboxylic acids is 1. The molecule has 3 rings (SSSR count). The van der Waals surface area contributed by atoms with Crippen LogP contribution in [0.3, 0.4) is 0 Å². The number of pyridine rings is 1. The molecule has 0 bridgehead atoms.